The SMILES string of the molecule is O=C(NCC1(c2ccccc2)CCOCC1)C1CCN(S(=O)(=O)c2ccc(F)cc2)CC1. The van der Waals surface area contributed by atoms with Gasteiger partial charge in [0, 0.05) is 44.2 Å². The number of carbonyl (C=O) groups excluding carboxylic acids is 1. The zero-order chi connectivity index (χ0) is 22.6. The molecule has 0 unspecified atom stereocenters. The smallest absolute Gasteiger partial charge is 0.243 e. The normalized spacial score (nSPS) is 20.0. The summed E-state index contributed by atoms with van der Waals surface area (Å²) in [5.41, 5.74) is 1.07. The average Bonchev–Trinajstić information content (AvgIpc) is 2.84. The maximum absolute atomic E-state index is 13.1. The standard InChI is InChI=1S/C24H29FN2O4S/c25-21-6-8-22(9-7-21)32(29,30)27-14-10-19(11-15-27)23(28)26-18-24(12-16-31-17-13-24)20-4-2-1-3-5-20/h1-9,19H,10-18H2,(H,26,28). The van der Waals surface area contributed by atoms with Gasteiger partial charge in [-0.15, -0.1) is 0 Å². The van der Waals surface area contributed by atoms with Crippen LogP contribution in [0.3, 0.4) is 0 Å². The van der Waals surface area contributed by atoms with Crippen LogP contribution < -0.4 is 5.32 Å². The molecule has 2 heterocycles. The van der Waals surface area contributed by atoms with Crippen molar-refractivity contribution in [3.8, 4) is 0 Å². The Kier molecular flexibility index (Phi) is 6.93. The van der Waals surface area contributed by atoms with Crippen LogP contribution in [0.1, 0.15) is 31.2 Å². The number of hydrogen-bond donors (Lipinski definition) is 1. The largest absolute Gasteiger partial charge is 0.381 e. The van der Waals surface area contributed by atoms with Gasteiger partial charge in [0.05, 0.1) is 4.90 Å². The van der Waals surface area contributed by atoms with E-state index in [2.05, 4.69) is 17.4 Å². The number of benzene rings is 2. The van der Waals surface area contributed by atoms with Crippen LogP contribution >= 0.6 is 0 Å². The summed E-state index contributed by atoms with van der Waals surface area (Å²) in [6.07, 6.45) is 2.64. The summed E-state index contributed by atoms with van der Waals surface area (Å²) in [5, 5.41) is 3.15. The molecule has 2 fully saturated rings. The zero-order valence-electron chi connectivity index (χ0n) is 18.0. The summed E-state index contributed by atoms with van der Waals surface area (Å²) in [6, 6.07) is 15.1. The van der Waals surface area contributed by atoms with E-state index in [0.717, 1.165) is 25.0 Å². The molecule has 0 spiro atoms. The molecule has 2 aromatic rings. The summed E-state index contributed by atoms with van der Waals surface area (Å²) < 4.78 is 45.7. The predicted molar refractivity (Wildman–Crippen MR) is 119 cm³/mol. The molecule has 6 nitrogen and oxygen atoms in total. The molecular formula is C24H29FN2O4S. The van der Waals surface area contributed by atoms with Gasteiger partial charge in [0.1, 0.15) is 5.82 Å². The molecule has 8 heteroatoms. The fourth-order valence-corrected chi connectivity index (χ4v) is 6.11. The minimum atomic E-state index is -3.68. The number of ether oxygens (including phenoxy) is 1. The molecule has 1 amide bonds. The van der Waals surface area contributed by atoms with E-state index in [4.69, 9.17) is 4.74 Å². The van der Waals surface area contributed by atoms with Gasteiger partial charge in [0.25, 0.3) is 0 Å². The Morgan fingerprint density at radius 2 is 1.66 bits per heavy atom. The number of hydrogen-bond acceptors (Lipinski definition) is 4. The first-order valence-corrected chi connectivity index (χ1v) is 12.5. The summed E-state index contributed by atoms with van der Waals surface area (Å²) in [5.74, 6) is -0.718. The highest BCUT2D eigenvalue weighted by molar-refractivity contribution is 7.89. The van der Waals surface area contributed by atoms with Crippen molar-refractivity contribution in [1.82, 2.24) is 9.62 Å². The van der Waals surface area contributed by atoms with Crippen molar-refractivity contribution in [2.75, 3.05) is 32.8 Å². The van der Waals surface area contributed by atoms with Crippen molar-refractivity contribution >= 4 is 15.9 Å². The first-order valence-electron chi connectivity index (χ1n) is 11.1. The number of sulfonamides is 1. The summed E-state index contributed by atoms with van der Waals surface area (Å²) in [7, 11) is -3.68. The third-order valence-electron chi connectivity index (χ3n) is 6.71. The van der Waals surface area contributed by atoms with Gasteiger partial charge in [-0.3, -0.25) is 4.79 Å². The van der Waals surface area contributed by atoms with E-state index in [0.29, 0.717) is 32.6 Å². The minimum Gasteiger partial charge on any atom is -0.381 e. The lowest BCUT2D eigenvalue weighted by molar-refractivity contribution is -0.126. The van der Waals surface area contributed by atoms with Crippen LogP contribution in [0.2, 0.25) is 0 Å². The van der Waals surface area contributed by atoms with Crippen molar-refractivity contribution in [3.05, 3.63) is 66.0 Å². The highest BCUT2D eigenvalue weighted by atomic mass is 32.2. The number of nitrogens with zero attached hydrogens (tertiary/aromatic N) is 1. The molecule has 0 bridgehead atoms. The Hall–Kier alpha value is -2.29. The second-order valence-electron chi connectivity index (χ2n) is 8.61. The molecule has 2 aromatic carbocycles. The van der Waals surface area contributed by atoms with Crippen molar-refractivity contribution in [3.63, 3.8) is 0 Å². The van der Waals surface area contributed by atoms with Crippen molar-refractivity contribution in [1.29, 1.82) is 0 Å². The van der Waals surface area contributed by atoms with Gasteiger partial charge < -0.3 is 10.1 Å². The van der Waals surface area contributed by atoms with Gasteiger partial charge >= 0.3 is 0 Å². The Morgan fingerprint density at radius 3 is 2.28 bits per heavy atom. The van der Waals surface area contributed by atoms with Gasteiger partial charge in [-0.05, 0) is 55.5 Å². The third kappa shape index (κ3) is 4.87. The van der Waals surface area contributed by atoms with Gasteiger partial charge in [-0.2, -0.15) is 4.31 Å². The molecule has 0 aliphatic carbocycles. The number of rotatable bonds is 6. The highest BCUT2D eigenvalue weighted by Gasteiger charge is 2.36. The van der Waals surface area contributed by atoms with Crippen LogP contribution in [0.25, 0.3) is 0 Å². The lowest BCUT2D eigenvalue weighted by atomic mass is 9.74. The van der Waals surface area contributed by atoms with E-state index in [-0.39, 0.29) is 35.2 Å². The molecular weight excluding hydrogens is 431 g/mol. The van der Waals surface area contributed by atoms with Crippen LogP contribution in [-0.4, -0.2) is 51.5 Å². The topological polar surface area (TPSA) is 75.7 Å². The van der Waals surface area contributed by atoms with Crippen molar-refractivity contribution < 1.29 is 22.3 Å². The van der Waals surface area contributed by atoms with Gasteiger partial charge in [0.15, 0.2) is 0 Å². The molecule has 1 N–H and O–H groups in total. The van der Waals surface area contributed by atoms with E-state index in [1.54, 1.807) is 0 Å². The summed E-state index contributed by atoms with van der Waals surface area (Å²) in [6.45, 7) is 2.44. The second kappa shape index (κ2) is 9.68. The van der Waals surface area contributed by atoms with Crippen molar-refractivity contribution in [2.24, 2.45) is 5.92 Å². The number of amides is 1. The molecule has 172 valence electrons. The van der Waals surface area contributed by atoms with Crippen LogP contribution in [0.4, 0.5) is 4.39 Å². The molecule has 2 aliphatic heterocycles. The Labute approximate surface area is 188 Å². The zero-order valence-corrected chi connectivity index (χ0v) is 18.8. The lowest BCUT2D eigenvalue weighted by Gasteiger charge is -2.38. The fourth-order valence-electron chi connectivity index (χ4n) is 4.64. The predicted octanol–water partition coefficient (Wildman–Crippen LogP) is 3.09. The van der Waals surface area contributed by atoms with Crippen LogP contribution in [-0.2, 0) is 25.0 Å². The summed E-state index contributed by atoms with van der Waals surface area (Å²) in [4.78, 5) is 13.0. The number of carbonyl (C=O) groups is 1. The van der Waals surface area contributed by atoms with E-state index < -0.39 is 15.8 Å². The quantitative estimate of drug-likeness (QED) is 0.719. The van der Waals surface area contributed by atoms with Gasteiger partial charge in [-0.25, -0.2) is 12.8 Å². The molecule has 0 atom stereocenters. The second-order valence-corrected chi connectivity index (χ2v) is 10.5. The molecule has 2 aliphatic rings. The Morgan fingerprint density at radius 1 is 1.03 bits per heavy atom. The monoisotopic (exact) mass is 460 g/mol. The number of piperidine rings is 1. The number of nitrogens with one attached hydrogen (secondary N) is 1. The molecule has 2 saturated heterocycles. The van der Waals surface area contributed by atoms with Crippen LogP contribution in [0.15, 0.2) is 59.5 Å². The Bertz CT molecular complexity index is 1010. The van der Waals surface area contributed by atoms with Crippen LogP contribution in [0.5, 0.6) is 0 Å². The first kappa shape index (κ1) is 22.9. The Balaban J connectivity index is 1.36. The van der Waals surface area contributed by atoms with Crippen LogP contribution in [0, 0.1) is 11.7 Å². The van der Waals surface area contributed by atoms with E-state index >= 15 is 0 Å². The highest BCUT2D eigenvalue weighted by Crippen LogP contribution is 2.34. The lowest BCUT2D eigenvalue weighted by Crippen LogP contribution is -2.48. The average molecular weight is 461 g/mol. The van der Waals surface area contributed by atoms with Gasteiger partial charge in [-0.1, -0.05) is 30.3 Å². The summed E-state index contributed by atoms with van der Waals surface area (Å²) >= 11 is 0. The van der Waals surface area contributed by atoms with E-state index in [1.807, 2.05) is 18.2 Å². The van der Waals surface area contributed by atoms with Crippen molar-refractivity contribution in [2.45, 2.75) is 36.0 Å². The first-order chi connectivity index (χ1) is 15.4. The third-order valence-corrected chi connectivity index (χ3v) is 8.63. The molecule has 0 radical (unpaired) electrons. The molecule has 0 saturated carbocycles. The number of halogens is 1. The maximum atomic E-state index is 13.1. The minimum absolute atomic E-state index is 0.0226. The molecule has 4 rings (SSSR count). The fraction of sp³-hybridized carbons (Fsp3) is 0.458. The van der Waals surface area contributed by atoms with E-state index in [9.17, 15) is 17.6 Å². The maximum Gasteiger partial charge on any atom is 0.243 e. The van der Waals surface area contributed by atoms with E-state index in [1.165, 1.54) is 22.0 Å². The molecule has 32 heavy (non-hydrogen) atoms. The molecule has 0 aromatic heterocycles. The van der Waals surface area contributed by atoms with Gasteiger partial charge in [0.2, 0.25) is 15.9 Å².